The number of aromatic nitrogens is 1. The lowest BCUT2D eigenvalue weighted by Crippen LogP contribution is -2.07. The average molecular weight is 299 g/mol. The summed E-state index contributed by atoms with van der Waals surface area (Å²) in [5, 5.41) is 0. The highest BCUT2D eigenvalue weighted by Gasteiger charge is 2.49. The number of rotatable bonds is 7. The van der Waals surface area contributed by atoms with Crippen molar-refractivity contribution in [2.24, 2.45) is 0 Å². The first kappa shape index (κ1) is 16.5. The van der Waals surface area contributed by atoms with Crippen LogP contribution in [0.15, 0.2) is 53.8 Å². The number of allylic oxidation sites excluding steroid dienone is 5. The SMILES string of the molecule is CC(C)=CCC[C@@]1(C)O[C@H]1/C=C/C(C)=C\C(=O)c1ccc[nH]1. The van der Waals surface area contributed by atoms with Crippen molar-refractivity contribution < 1.29 is 9.53 Å². The van der Waals surface area contributed by atoms with E-state index in [0.29, 0.717) is 5.69 Å². The molecule has 1 fully saturated rings. The molecule has 0 radical (unpaired) electrons. The molecule has 1 N–H and O–H groups in total. The van der Waals surface area contributed by atoms with Gasteiger partial charge in [0, 0.05) is 6.20 Å². The summed E-state index contributed by atoms with van der Waals surface area (Å²) in [4.78, 5) is 14.8. The van der Waals surface area contributed by atoms with Crippen LogP contribution in [0.25, 0.3) is 0 Å². The number of hydrogen-bond acceptors (Lipinski definition) is 2. The number of hydrogen-bond donors (Lipinski definition) is 1. The van der Waals surface area contributed by atoms with Gasteiger partial charge in [-0.1, -0.05) is 23.8 Å². The summed E-state index contributed by atoms with van der Waals surface area (Å²) >= 11 is 0. The third-order valence-corrected chi connectivity index (χ3v) is 3.89. The van der Waals surface area contributed by atoms with Gasteiger partial charge in [-0.05, 0) is 64.3 Å². The van der Waals surface area contributed by atoms with Gasteiger partial charge in [0.15, 0.2) is 0 Å². The number of carbonyl (C=O) groups excluding carboxylic acids is 1. The highest BCUT2D eigenvalue weighted by Crippen LogP contribution is 2.41. The van der Waals surface area contributed by atoms with Crippen molar-refractivity contribution in [2.45, 2.75) is 52.2 Å². The first-order valence-electron chi connectivity index (χ1n) is 7.76. The van der Waals surface area contributed by atoms with Gasteiger partial charge in [0.05, 0.1) is 11.3 Å². The standard InChI is InChI=1S/C19H25NO2/c1-14(2)7-5-11-19(4)18(22-19)10-9-15(3)13-17(21)16-8-6-12-20-16/h6-10,12-13,18,20H,5,11H2,1-4H3/b10-9+,15-13-/t18-,19+/m0/s1. The zero-order valence-corrected chi connectivity index (χ0v) is 13.8. The fraction of sp³-hybridized carbons (Fsp3) is 0.421. The lowest BCUT2D eigenvalue weighted by atomic mass is 10.00. The van der Waals surface area contributed by atoms with Gasteiger partial charge >= 0.3 is 0 Å². The quantitative estimate of drug-likeness (QED) is 0.263. The zero-order valence-electron chi connectivity index (χ0n) is 13.8. The largest absolute Gasteiger partial charge is 0.362 e. The van der Waals surface area contributed by atoms with Crippen LogP contribution in [0.3, 0.4) is 0 Å². The van der Waals surface area contributed by atoms with E-state index in [-0.39, 0.29) is 17.5 Å². The lowest BCUT2D eigenvalue weighted by Gasteiger charge is -2.02. The van der Waals surface area contributed by atoms with E-state index in [1.165, 1.54) is 5.57 Å². The molecule has 1 aromatic rings. The van der Waals surface area contributed by atoms with E-state index in [1.807, 2.05) is 19.1 Å². The van der Waals surface area contributed by atoms with Gasteiger partial charge in [-0.15, -0.1) is 0 Å². The molecule has 0 unspecified atom stereocenters. The van der Waals surface area contributed by atoms with Crippen molar-refractivity contribution in [3.63, 3.8) is 0 Å². The molecule has 2 atom stereocenters. The number of ketones is 1. The van der Waals surface area contributed by atoms with Crippen molar-refractivity contribution in [3.8, 4) is 0 Å². The summed E-state index contributed by atoms with van der Waals surface area (Å²) in [6, 6.07) is 3.60. The molecule has 118 valence electrons. The third-order valence-electron chi connectivity index (χ3n) is 3.89. The molecule has 0 bridgehead atoms. The highest BCUT2D eigenvalue weighted by atomic mass is 16.6. The minimum atomic E-state index is -0.0494. The highest BCUT2D eigenvalue weighted by molar-refractivity contribution is 6.03. The Morgan fingerprint density at radius 3 is 2.82 bits per heavy atom. The van der Waals surface area contributed by atoms with Gasteiger partial charge in [-0.3, -0.25) is 4.79 Å². The molecule has 1 aliphatic heterocycles. The topological polar surface area (TPSA) is 45.4 Å². The molecular formula is C19H25NO2. The summed E-state index contributed by atoms with van der Waals surface area (Å²) in [6.45, 7) is 8.30. The summed E-state index contributed by atoms with van der Waals surface area (Å²) < 4.78 is 5.78. The monoisotopic (exact) mass is 299 g/mol. The van der Waals surface area contributed by atoms with Crippen LogP contribution < -0.4 is 0 Å². The smallest absolute Gasteiger partial charge is 0.202 e. The third kappa shape index (κ3) is 4.57. The van der Waals surface area contributed by atoms with Gasteiger partial charge < -0.3 is 9.72 Å². The Morgan fingerprint density at radius 1 is 1.41 bits per heavy atom. The molecule has 3 heteroatoms. The van der Waals surface area contributed by atoms with E-state index in [2.05, 4.69) is 37.9 Å². The predicted molar refractivity (Wildman–Crippen MR) is 90.0 cm³/mol. The fourth-order valence-electron chi connectivity index (χ4n) is 2.40. The Hall–Kier alpha value is -1.87. The number of carbonyl (C=O) groups is 1. The minimum Gasteiger partial charge on any atom is -0.362 e. The van der Waals surface area contributed by atoms with Gasteiger partial charge in [0.25, 0.3) is 0 Å². The first-order valence-corrected chi connectivity index (χ1v) is 7.76. The molecule has 0 aliphatic carbocycles. The second-order valence-electron chi connectivity index (χ2n) is 6.37. The van der Waals surface area contributed by atoms with Crippen molar-refractivity contribution in [1.82, 2.24) is 4.98 Å². The Kier molecular flexibility index (Phi) is 5.19. The molecule has 1 aromatic heterocycles. The van der Waals surface area contributed by atoms with Crippen LogP contribution in [0.2, 0.25) is 0 Å². The molecule has 0 saturated carbocycles. The molecule has 1 saturated heterocycles. The van der Waals surface area contributed by atoms with Crippen LogP contribution >= 0.6 is 0 Å². The summed E-state index contributed by atoms with van der Waals surface area (Å²) in [7, 11) is 0. The Labute approximate surface area is 132 Å². The van der Waals surface area contributed by atoms with Crippen LogP contribution in [0.5, 0.6) is 0 Å². The van der Waals surface area contributed by atoms with Gasteiger partial charge in [0.1, 0.15) is 6.10 Å². The summed E-state index contributed by atoms with van der Waals surface area (Å²) in [6.07, 6.45) is 11.9. The predicted octanol–water partition coefficient (Wildman–Crippen LogP) is 4.60. The summed E-state index contributed by atoms with van der Waals surface area (Å²) in [5.74, 6) is -0.00446. The lowest BCUT2D eigenvalue weighted by molar-refractivity contribution is 0.104. The second-order valence-corrected chi connectivity index (χ2v) is 6.37. The van der Waals surface area contributed by atoms with Gasteiger partial charge in [-0.25, -0.2) is 0 Å². The van der Waals surface area contributed by atoms with Crippen LogP contribution in [0, 0.1) is 0 Å². The number of H-pyrrole nitrogens is 1. The van der Waals surface area contributed by atoms with Gasteiger partial charge in [0.2, 0.25) is 5.78 Å². The molecule has 2 heterocycles. The van der Waals surface area contributed by atoms with Crippen molar-refractivity contribution >= 4 is 5.78 Å². The molecule has 0 spiro atoms. The molecule has 22 heavy (non-hydrogen) atoms. The number of epoxide rings is 1. The van der Waals surface area contributed by atoms with Crippen molar-refractivity contribution in [3.05, 3.63) is 59.5 Å². The molecular weight excluding hydrogens is 274 g/mol. The Bertz CT molecular complexity index is 603. The van der Waals surface area contributed by atoms with Crippen LogP contribution in [0.1, 0.15) is 51.0 Å². The molecule has 0 amide bonds. The van der Waals surface area contributed by atoms with Crippen LogP contribution in [-0.4, -0.2) is 22.5 Å². The maximum atomic E-state index is 11.9. The average Bonchev–Trinajstić information content (AvgIpc) is 2.88. The van der Waals surface area contributed by atoms with E-state index in [0.717, 1.165) is 18.4 Å². The van der Waals surface area contributed by atoms with Gasteiger partial charge in [-0.2, -0.15) is 0 Å². The fourth-order valence-corrected chi connectivity index (χ4v) is 2.40. The number of nitrogens with one attached hydrogen (secondary N) is 1. The maximum Gasteiger partial charge on any atom is 0.202 e. The minimum absolute atomic E-state index is 0.00446. The Morgan fingerprint density at radius 2 is 2.18 bits per heavy atom. The van der Waals surface area contributed by atoms with E-state index >= 15 is 0 Å². The second kappa shape index (κ2) is 6.93. The number of ether oxygens (including phenoxy) is 1. The van der Waals surface area contributed by atoms with E-state index in [9.17, 15) is 4.79 Å². The van der Waals surface area contributed by atoms with Crippen molar-refractivity contribution in [1.29, 1.82) is 0 Å². The van der Waals surface area contributed by atoms with E-state index in [1.54, 1.807) is 18.3 Å². The van der Waals surface area contributed by atoms with Crippen LogP contribution in [-0.2, 0) is 4.74 Å². The first-order chi connectivity index (χ1) is 10.4. The molecule has 1 aliphatic rings. The van der Waals surface area contributed by atoms with E-state index in [4.69, 9.17) is 4.74 Å². The number of aromatic amines is 1. The van der Waals surface area contributed by atoms with E-state index < -0.39 is 0 Å². The normalized spacial score (nSPS) is 24.5. The molecule has 3 nitrogen and oxygen atoms in total. The van der Waals surface area contributed by atoms with Crippen molar-refractivity contribution in [2.75, 3.05) is 0 Å². The zero-order chi connectivity index (χ0) is 16.2. The Balaban J connectivity index is 1.85. The maximum absolute atomic E-state index is 11.9. The van der Waals surface area contributed by atoms with Crippen LogP contribution in [0.4, 0.5) is 0 Å². The molecule has 2 rings (SSSR count). The molecule has 0 aromatic carbocycles. The summed E-state index contributed by atoms with van der Waals surface area (Å²) in [5.41, 5.74) is 2.84.